The molecular weight excluding hydrogens is 556 g/mol. The van der Waals surface area contributed by atoms with Gasteiger partial charge in [0.15, 0.2) is 6.10 Å². The molecule has 10 nitrogen and oxygen atoms in total. The van der Waals surface area contributed by atoms with Gasteiger partial charge in [0.2, 0.25) is 0 Å². The van der Waals surface area contributed by atoms with E-state index in [9.17, 15) is 9.59 Å². The number of hydrogen-bond acceptors (Lipinski definition) is 8. The number of carbonyl (C=O) groups is 2. The van der Waals surface area contributed by atoms with Crippen molar-refractivity contribution in [2.24, 2.45) is 0 Å². The fraction of sp³-hybridized carbons (Fsp3) is 0.484. The number of ether oxygens (including phenoxy) is 3. The molecule has 2 atom stereocenters. The number of carbonyl (C=O) groups excluding carboxylic acids is 2. The number of nitrogen functional groups attached to an aromatic ring is 1. The van der Waals surface area contributed by atoms with Gasteiger partial charge in [0.1, 0.15) is 23.6 Å². The third kappa shape index (κ3) is 9.49. The molecule has 0 aliphatic heterocycles. The Kier molecular flexibility index (Phi) is 10.7. The van der Waals surface area contributed by atoms with Crippen molar-refractivity contribution < 1.29 is 28.0 Å². The highest BCUT2D eigenvalue weighted by atomic mass is 32.2. The number of benzene rings is 2. The first-order valence-electron chi connectivity index (χ1n) is 14.0. The lowest BCUT2D eigenvalue weighted by Gasteiger charge is -2.29. The average molecular weight is 602 g/mol. The molecule has 0 fully saturated rings. The summed E-state index contributed by atoms with van der Waals surface area (Å²) in [6.45, 7) is 15.3. The zero-order valence-electron chi connectivity index (χ0n) is 26.0. The number of aryl methyl sites for hydroxylation is 1. The summed E-state index contributed by atoms with van der Waals surface area (Å²) in [7, 11) is -0.956. The number of nitrogens with zero attached hydrogens (tertiary/aromatic N) is 3. The van der Waals surface area contributed by atoms with E-state index in [1.807, 2.05) is 65.0 Å². The molecule has 0 saturated heterocycles. The highest BCUT2D eigenvalue weighted by molar-refractivity contribution is 7.89. The van der Waals surface area contributed by atoms with E-state index in [-0.39, 0.29) is 19.7 Å². The summed E-state index contributed by atoms with van der Waals surface area (Å²) in [6, 6.07) is 12.8. The second-order valence-corrected chi connectivity index (χ2v) is 13.8. The van der Waals surface area contributed by atoms with E-state index < -0.39 is 40.3 Å². The van der Waals surface area contributed by atoms with E-state index in [0.29, 0.717) is 22.6 Å². The van der Waals surface area contributed by atoms with Crippen LogP contribution in [0.1, 0.15) is 65.8 Å². The molecule has 2 aromatic carbocycles. The Balaban J connectivity index is 1.82. The van der Waals surface area contributed by atoms with Gasteiger partial charge in [-0.05, 0) is 96.0 Å². The van der Waals surface area contributed by atoms with Crippen LogP contribution < -0.4 is 10.5 Å². The van der Waals surface area contributed by atoms with Gasteiger partial charge in [0.05, 0.1) is 35.9 Å². The van der Waals surface area contributed by atoms with Crippen molar-refractivity contribution in [1.29, 1.82) is 0 Å². The molecule has 2 unspecified atom stereocenters. The summed E-state index contributed by atoms with van der Waals surface area (Å²) >= 11 is 0. The Bertz CT molecular complexity index is 1420. The predicted molar refractivity (Wildman–Crippen MR) is 171 cm³/mol. The SMILES string of the molecule is C=[SH+](CC)OC(CN(CCOc1ccc2c(C)nn(C(=O)OC(C)(C)C)c2c1)C(=O)OC(C)(C)C)c1cccc(N)c1. The van der Waals surface area contributed by atoms with Gasteiger partial charge >= 0.3 is 12.2 Å². The number of hydrogen-bond donors (Lipinski definition) is 1. The number of fused-ring (bicyclic) bond motifs is 1. The van der Waals surface area contributed by atoms with Crippen molar-refractivity contribution in [1.82, 2.24) is 14.7 Å². The van der Waals surface area contributed by atoms with Crippen LogP contribution in [0, 0.1) is 6.92 Å². The minimum Gasteiger partial charge on any atom is -0.492 e. The van der Waals surface area contributed by atoms with E-state index in [1.165, 1.54) is 4.68 Å². The molecule has 3 aromatic rings. The minimum absolute atomic E-state index is 0.168. The summed E-state index contributed by atoms with van der Waals surface area (Å²) in [6.07, 6.45) is -1.51. The lowest BCUT2D eigenvalue weighted by atomic mass is 10.1. The largest absolute Gasteiger partial charge is 0.492 e. The Morgan fingerprint density at radius 3 is 2.38 bits per heavy atom. The molecule has 2 N–H and O–H groups in total. The van der Waals surface area contributed by atoms with Gasteiger partial charge in [-0.3, -0.25) is 0 Å². The number of rotatable bonds is 10. The number of anilines is 1. The molecule has 230 valence electrons. The molecule has 1 amide bonds. The van der Waals surface area contributed by atoms with Crippen LogP contribution in [0.4, 0.5) is 15.3 Å². The van der Waals surface area contributed by atoms with E-state index in [1.54, 1.807) is 37.8 Å². The molecule has 0 aliphatic carbocycles. The summed E-state index contributed by atoms with van der Waals surface area (Å²) in [5, 5.41) is 5.18. The normalized spacial score (nSPS) is 13.4. The molecule has 0 radical (unpaired) electrons. The van der Waals surface area contributed by atoms with Crippen molar-refractivity contribution >= 4 is 45.4 Å². The second-order valence-electron chi connectivity index (χ2n) is 12.0. The van der Waals surface area contributed by atoms with Gasteiger partial charge in [0.25, 0.3) is 0 Å². The van der Waals surface area contributed by atoms with Crippen LogP contribution in [0.25, 0.3) is 10.9 Å². The average Bonchev–Trinajstić information content (AvgIpc) is 3.21. The van der Waals surface area contributed by atoms with Crippen LogP contribution in [-0.4, -0.2) is 69.4 Å². The highest BCUT2D eigenvalue weighted by Crippen LogP contribution is 2.26. The highest BCUT2D eigenvalue weighted by Gasteiger charge is 2.28. The fourth-order valence-corrected chi connectivity index (χ4v) is 4.75. The molecule has 1 heterocycles. The quantitative estimate of drug-likeness (QED) is 0.134. The van der Waals surface area contributed by atoms with Crippen LogP contribution in [0.3, 0.4) is 0 Å². The van der Waals surface area contributed by atoms with E-state index >= 15 is 0 Å². The lowest BCUT2D eigenvalue weighted by Crippen LogP contribution is -2.41. The number of amides is 1. The van der Waals surface area contributed by atoms with Gasteiger partial charge < -0.3 is 24.8 Å². The van der Waals surface area contributed by atoms with Crippen molar-refractivity contribution in [2.45, 2.75) is 72.7 Å². The van der Waals surface area contributed by atoms with Crippen LogP contribution >= 0.6 is 0 Å². The van der Waals surface area contributed by atoms with Crippen molar-refractivity contribution in [3.8, 4) is 5.75 Å². The standard InChI is InChI=1S/C31H44N4O6S/c1-10-42(9)41-27(22-12-11-13-23(32)18-22)20-34(28(36)39-30(3,4)5)16-17-38-24-14-15-25-21(2)33-35(26(25)19-24)29(37)40-31(6,7)8/h11-15,18-19,27H,9-10,16-17,20,32H2,1-8H3/p+1. The molecule has 3 rings (SSSR count). The van der Waals surface area contributed by atoms with Gasteiger partial charge in [-0.1, -0.05) is 12.1 Å². The smallest absolute Gasteiger partial charge is 0.435 e. The Morgan fingerprint density at radius 2 is 1.76 bits per heavy atom. The van der Waals surface area contributed by atoms with Crippen LogP contribution in [0.5, 0.6) is 5.75 Å². The van der Waals surface area contributed by atoms with Crippen LogP contribution in [0.15, 0.2) is 42.5 Å². The van der Waals surface area contributed by atoms with E-state index in [2.05, 4.69) is 11.0 Å². The third-order valence-corrected chi connectivity index (χ3v) is 7.24. The van der Waals surface area contributed by atoms with Crippen molar-refractivity contribution in [3.05, 3.63) is 53.7 Å². The van der Waals surface area contributed by atoms with Gasteiger partial charge in [-0.2, -0.15) is 9.78 Å². The fourth-order valence-electron chi connectivity index (χ4n) is 4.06. The molecular formula is C31H45N4O6S+. The number of aromatic nitrogens is 2. The zero-order valence-corrected chi connectivity index (χ0v) is 26.9. The first kappa shape index (κ1) is 32.9. The van der Waals surface area contributed by atoms with Gasteiger partial charge in [-0.25, -0.2) is 13.8 Å². The van der Waals surface area contributed by atoms with E-state index in [4.69, 9.17) is 24.1 Å². The molecule has 11 heteroatoms. The maximum Gasteiger partial charge on any atom is 0.435 e. The molecule has 1 aromatic heterocycles. The Hall–Kier alpha value is -3.57. The summed E-state index contributed by atoms with van der Waals surface area (Å²) < 4.78 is 24.8. The monoisotopic (exact) mass is 601 g/mol. The Labute approximate surface area is 251 Å². The third-order valence-electron chi connectivity index (χ3n) is 5.98. The van der Waals surface area contributed by atoms with Crippen molar-refractivity contribution in [3.63, 3.8) is 0 Å². The number of thiol groups is 1. The molecule has 0 aliphatic rings. The van der Waals surface area contributed by atoms with Crippen molar-refractivity contribution in [2.75, 3.05) is 31.2 Å². The van der Waals surface area contributed by atoms with E-state index in [0.717, 1.165) is 16.7 Å². The van der Waals surface area contributed by atoms with Gasteiger partial charge in [0, 0.05) is 17.1 Å². The molecule has 42 heavy (non-hydrogen) atoms. The Morgan fingerprint density at radius 1 is 1.07 bits per heavy atom. The topological polar surface area (TPSA) is 118 Å². The van der Waals surface area contributed by atoms with Crippen LogP contribution in [-0.2, 0) is 24.4 Å². The second kappa shape index (κ2) is 13.6. The molecule has 0 bridgehead atoms. The summed E-state index contributed by atoms with van der Waals surface area (Å²) in [4.78, 5) is 27.7. The minimum atomic E-state index is -0.956. The zero-order chi connectivity index (χ0) is 31.2. The van der Waals surface area contributed by atoms with Crippen LogP contribution in [0.2, 0.25) is 0 Å². The molecule has 0 spiro atoms. The lowest BCUT2D eigenvalue weighted by molar-refractivity contribution is 0.0152. The predicted octanol–water partition coefficient (Wildman–Crippen LogP) is 5.80. The van der Waals surface area contributed by atoms with Gasteiger partial charge in [-0.15, -0.1) is 0 Å². The summed E-state index contributed by atoms with van der Waals surface area (Å²) in [5.41, 5.74) is 7.43. The maximum atomic E-state index is 13.3. The maximum absolute atomic E-state index is 13.3. The summed E-state index contributed by atoms with van der Waals surface area (Å²) in [5.74, 6) is 5.43. The molecule has 0 saturated carbocycles. The first-order valence-corrected chi connectivity index (χ1v) is 15.6. The first-order chi connectivity index (χ1) is 19.6. The number of nitrogens with two attached hydrogens (primary N) is 1.